The lowest BCUT2D eigenvalue weighted by molar-refractivity contribution is -0.136. The van der Waals surface area contributed by atoms with Gasteiger partial charge in [-0.3, -0.25) is 4.79 Å². The van der Waals surface area contributed by atoms with Crippen molar-refractivity contribution in [2.24, 2.45) is 5.73 Å². The molecule has 1 amide bonds. The molecule has 3 aromatic rings. The van der Waals surface area contributed by atoms with Crippen LogP contribution in [-0.4, -0.2) is 34.1 Å². The van der Waals surface area contributed by atoms with Crippen LogP contribution >= 0.6 is 0 Å². The summed E-state index contributed by atoms with van der Waals surface area (Å²) in [5.41, 5.74) is 3.53. The Kier molecular flexibility index (Phi) is 6.14. The molecule has 1 heterocycles. The molecule has 0 atom stereocenters. The fourth-order valence-electron chi connectivity index (χ4n) is 2.80. The van der Waals surface area contributed by atoms with Gasteiger partial charge >= 0.3 is 12.1 Å². The zero-order valence-electron chi connectivity index (χ0n) is 16.4. The molecule has 32 heavy (non-hydrogen) atoms. The highest BCUT2D eigenvalue weighted by Gasteiger charge is 2.33. The Morgan fingerprint density at radius 2 is 1.78 bits per heavy atom. The molecule has 0 aliphatic carbocycles. The predicted molar refractivity (Wildman–Crippen MR) is 109 cm³/mol. The summed E-state index contributed by atoms with van der Waals surface area (Å²) in [6.07, 6.45) is -3.66. The van der Waals surface area contributed by atoms with Crippen LogP contribution in [0.2, 0.25) is 0 Å². The number of rotatable bonds is 7. The van der Waals surface area contributed by atoms with E-state index >= 15 is 0 Å². The third-order valence-electron chi connectivity index (χ3n) is 4.25. The molecule has 0 aliphatic rings. The Hall–Kier alpha value is -4.35. The monoisotopic (exact) mass is 447 g/mol. The normalized spacial score (nSPS) is 11.0. The summed E-state index contributed by atoms with van der Waals surface area (Å²) in [6, 6.07) is 8.87. The number of aromatic carboxylic acids is 1. The van der Waals surface area contributed by atoms with Crippen LogP contribution in [0.25, 0.3) is 0 Å². The number of nitrogens with one attached hydrogen (secondary N) is 2. The molecule has 0 unspecified atom stereocenters. The number of alkyl halides is 3. The third-order valence-corrected chi connectivity index (χ3v) is 4.25. The van der Waals surface area contributed by atoms with Gasteiger partial charge in [-0.15, -0.1) is 0 Å². The van der Waals surface area contributed by atoms with Gasteiger partial charge in [-0.2, -0.15) is 18.2 Å². The number of nitrogens with two attached hydrogens (primary N) is 1. The minimum Gasteiger partial charge on any atom is -0.495 e. The first kappa shape index (κ1) is 22.3. The maximum atomic E-state index is 13.3. The predicted octanol–water partition coefficient (Wildman–Crippen LogP) is 3.79. The second kappa shape index (κ2) is 8.79. The molecule has 0 saturated carbocycles. The van der Waals surface area contributed by atoms with Crippen LogP contribution in [-0.2, 0) is 6.18 Å². The number of hydrogen-bond donors (Lipinski definition) is 4. The van der Waals surface area contributed by atoms with Gasteiger partial charge in [0.05, 0.1) is 29.6 Å². The van der Waals surface area contributed by atoms with E-state index in [1.54, 1.807) is 0 Å². The summed E-state index contributed by atoms with van der Waals surface area (Å²) in [5.74, 6) is -2.61. The summed E-state index contributed by atoms with van der Waals surface area (Å²) < 4.78 is 45.2. The summed E-state index contributed by atoms with van der Waals surface area (Å²) in [5, 5.41) is 14.6. The summed E-state index contributed by atoms with van der Waals surface area (Å²) in [4.78, 5) is 31.3. The fourth-order valence-corrected chi connectivity index (χ4v) is 2.80. The van der Waals surface area contributed by atoms with Crippen molar-refractivity contribution in [2.75, 3.05) is 17.7 Å². The molecule has 0 radical (unpaired) electrons. The van der Waals surface area contributed by atoms with E-state index in [0.29, 0.717) is 0 Å². The second-order valence-corrected chi connectivity index (χ2v) is 6.30. The number of carbonyl (C=O) groups is 2. The fraction of sp³-hybridized carbons (Fsp3) is 0.100. The number of aromatic nitrogens is 2. The van der Waals surface area contributed by atoms with Crippen molar-refractivity contribution in [3.8, 4) is 5.75 Å². The number of ether oxygens (including phenoxy) is 1. The van der Waals surface area contributed by atoms with E-state index < -0.39 is 23.6 Å². The van der Waals surface area contributed by atoms with Gasteiger partial charge in [0.25, 0.3) is 5.91 Å². The smallest absolute Gasteiger partial charge is 0.418 e. The summed E-state index contributed by atoms with van der Waals surface area (Å²) in [6.45, 7) is 0. The van der Waals surface area contributed by atoms with Gasteiger partial charge in [-0.1, -0.05) is 18.2 Å². The number of methoxy groups -OCH3 is 1. The van der Waals surface area contributed by atoms with Crippen molar-refractivity contribution < 1.29 is 32.6 Å². The zero-order valence-corrected chi connectivity index (χ0v) is 16.4. The van der Waals surface area contributed by atoms with E-state index in [0.717, 1.165) is 18.3 Å². The van der Waals surface area contributed by atoms with Crippen molar-refractivity contribution in [3.05, 3.63) is 65.4 Å². The minimum absolute atomic E-state index is 0.0102. The maximum Gasteiger partial charge on any atom is 0.418 e. The van der Waals surface area contributed by atoms with Crippen LogP contribution in [0.5, 0.6) is 5.75 Å². The average Bonchev–Trinajstić information content (AvgIpc) is 2.73. The van der Waals surface area contributed by atoms with Crippen LogP contribution < -0.4 is 21.1 Å². The first-order valence-electron chi connectivity index (χ1n) is 8.89. The maximum absolute atomic E-state index is 13.3. The number of benzene rings is 2. The van der Waals surface area contributed by atoms with Crippen molar-refractivity contribution in [3.63, 3.8) is 0 Å². The molecule has 0 saturated heterocycles. The van der Waals surface area contributed by atoms with Crippen molar-refractivity contribution in [2.45, 2.75) is 6.18 Å². The molecule has 0 bridgehead atoms. The third kappa shape index (κ3) is 4.69. The summed E-state index contributed by atoms with van der Waals surface area (Å²) >= 11 is 0. The molecular weight excluding hydrogens is 431 g/mol. The Morgan fingerprint density at radius 1 is 1.06 bits per heavy atom. The highest BCUT2D eigenvalue weighted by molar-refractivity contribution is 5.99. The number of hydrogen-bond acceptors (Lipinski definition) is 7. The lowest BCUT2D eigenvalue weighted by atomic mass is 10.1. The Morgan fingerprint density at radius 3 is 2.41 bits per heavy atom. The van der Waals surface area contributed by atoms with Gasteiger partial charge in [-0.05, 0) is 24.3 Å². The highest BCUT2D eigenvalue weighted by Crippen LogP contribution is 2.36. The van der Waals surface area contributed by atoms with E-state index in [1.807, 2.05) is 0 Å². The van der Waals surface area contributed by atoms with Crippen LogP contribution in [0.1, 0.15) is 26.3 Å². The number of primary amides is 1. The molecule has 5 N–H and O–H groups in total. The highest BCUT2D eigenvalue weighted by atomic mass is 19.4. The number of amides is 1. The largest absolute Gasteiger partial charge is 0.495 e. The van der Waals surface area contributed by atoms with Crippen LogP contribution in [0, 0.1) is 0 Å². The number of carboxylic acid groups (broad SMARTS) is 1. The van der Waals surface area contributed by atoms with Gasteiger partial charge in [0.15, 0.2) is 0 Å². The number of halogens is 3. The lowest BCUT2D eigenvalue weighted by Gasteiger charge is -2.17. The van der Waals surface area contributed by atoms with E-state index in [2.05, 4.69) is 20.6 Å². The average molecular weight is 447 g/mol. The molecule has 9 nitrogen and oxygen atoms in total. The first-order chi connectivity index (χ1) is 15.1. The topological polar surface area (TPSA) is 139 Å². The van der Waals surface area contributed by atoms with Gasteiger partial charge in [0.1, 0.15) is 17.1 Å². The van der Waals surface area contributed by atoms with Gasteiger partial charge in [0, 0.05) is 6.20 Å². The summed E-state index contributed by atoms with van der Waals surface area (Å²) in [7, 11) is 1.32. The first-order valence-corrected chi connectivity index (χ1v) is 8.89. The Balaban J connectivity index is 2.07. The number of anilines is 4. The van der Waals surface area contributed by atoms with Gasteiger partial charge in [-0.25, -0.2) is 9.78 Å². The number of carbonyl (C=O) groups excluding carboxylic acids is 1. The number of carboxylic acids is 1. The van der Waals surface area contributed by atoms with Gasteiger partial charge < -0.3 is 26.2 Å². The standard InChI is InChI=1S/C20H16F3N5O4/c1-32-14-8-4-5-10(18(30)31)15(14)27-19-25-9-11(16(24)29)17(28-19)26-13-7-3-2-6-12(13)20(21,22)23/h2-9H,1H3,(H2,24,29)(H,30,31)(H2,25,26,27,28). The molecule has 12 heteroatoms. The van der Waals surface area contributed by atoms with Crippen LogP contribution in [0.4, 0.5) is 36.3 Å². The molecule has 0 aliphatic heterocycles. The molecule has 166 valence electrons. The molecule has 2 aromatic carbocycles. The number of para-hydroxylation sites is 2. The SMILES string of the molecule is COc1cccc(C(=O)O)c1Nc1ncc(C(N)=O)c(Nc2ccccc2C(F)(F)F)n1. The van der Waals surface area contributed by atoms with Crippen LogP contribution in [0.15, 0.2) is 48.7 Å². The van der Waals surface area contributed by atoms with E-state index in [-0.39, 0.29) is 40.0 Å². The van der Waals surface area contributed by atoms with E-state index in [9.17, 15) is 27.9 Å². The number of nitrogens with zero attached hydrogens (tertiary/aromatic N) is 2. The molecule has 0 spiro atoms. The molecule has 1 aromatic heterocycles. The Labute approximate surface area is 179 Å². The molecular formula is C20H16F3N5O4. The molecule has 0 fully saturated rings. The van der Waals surface area contributed by atoms with Crippen molar-refractivity contribution in [1.82, 2.24) is 9.97 Å². The van der Waals surface area contributed by atoms with Crippen molar-refractivity contribution >= 4 is 35.0 Å². The van der Waals surface area contributed by atoms with E-state index in [1.165, 1.54) is 37.4 Å². The van der Waals surface area contributed by atoms with Crippen molar-refractivity contribution in [1.29, 1.82) is 0 Å². The lowest BCUT2D eigenvalue weighted by Crippen LogP contribution is -2.17. The molecule has 3 rings (SSSR count). The van der Waals surface area contributed by atoms with E-state index in [4.69, 9.17) is 10.5 Å². The van der Waals surface area contributed by atoms with Crippen LogP contribution in [0.3, 0.4) is 0 Å². The zero-order chi connectivity index (χ0) is 23.5. The minimum atomic E-state index is -4.67. The quantitative estimate of drug-likeness (QED) is 0.429. The Bertz CT molecular complexity index is 1180. The van der Waals surface area contributed by atoms with Gasteiger partial charge in [0.2, 0.25) is 5.95 Å². The second-order valence-electron chi connectivity index (χ2n) is 6.30.